The second kappa shape index (κ2) is 3.95. The van der Waals surface area contributed by atoms with E-state index in [1.54, 1.807) is 0 Å². The molecule has 0 radical (unpaired) electrons. The summed E-state index contributed by atoms with van der Waals surface area (Å²) in [6.07, 6.45) is 0.869. The summed E-state index contributed by atoms with van der Waals surface area (Å²) in [5.74, 6) is -3.70. The smallest absolute Gasteiger partial charge is 0.251 e. The van der Waals surface area contributed by atoms with Crippen LogP contribution in [0, 0.1) is 17.8 Å². The van der Waals surface area contributed by atoms with Crippen LogP contribution in [0.3, 0.4) is 0 Å². The van der Waals surface area contributed by atoms with Gasteiger partial charge < -0.3 is 0 Å². The van der Waals surface area contributed by atoms with Gasteiger partial charge in [0.05, 0.1) is 0 Å². The maximum atomic E-state index is 13.6. The monoisotopic (exact) mass is 204 g/mol. The van der Waals surface area contributed by atoms with Crippen molar-refractivity contribution in [2.75, 3.05) is 0 Å². The maximum Gasteiger partial charge on any atom is 0.251 e. The van der Waals surface area contributed by atoms with Crippen molar-refractivity contribution < 1.29 is 13.6 Å². The van der Waals surface area contributed by atoms with Crippen molar-refractivity contribution in [3.8, 4) is 0 Å². The first-order valence-corrected chi connectivity index (χ1v) is 5.23. The Balaban J connectivity index is 2.70. The van der Waals surface area contributed by atoms with Gasteiger partial charge in [-0.2, -0.15) is 0 Å². The van der Waals surface area contributed by atoms with E-state index in [-0.39, 0.29) is 18.1 Å². The maximum absolute atomic E-state index is 13.6. The summed E-state index contributed by atoms with van der Waals surface area (Å²) in [5.41, 5.74) is 0. The molecule has 1 nitrogen and oxygen atoms in total. The lowest BCUT2D eigenvalue weighted by Crippen LogP contribution is -2.40. The third-order valence-corrected chi connectivity index (χ3v) is 3.27. The van der Waals surface area contributed by atoms with Crippen LogP contribution in [0.1, 0.15) is 40.0 Å². The summed E-state index contributed by atoms with van der Waals surface area (Å²) in [7, 11) is 0. The minimum absolute atomic E-state index is 0.00194. The predicted octanol–water partition coefficient (Wildman–Crippen LogP) is 3.28. The van der Waals surface area contributed by atoms with Gasteiger partial charge in [0.2, 0.25) is 0 Å². The molecule has 0 amide bonds. The molecule has 3 heteroatoms. The number of rotatable bonds is 2. The third kappa shape index (κ3) is 2.31. The van der Waals surface area contributed by atoms with Crippen molar-refractivity contribution in [2.24, 2.45) is 17.8 Å². The zero-order valence-corrected chi connectivity index (χ0v) is 9.02. The van der Waals surface area contributed by atoms with Crippen molar-refractivity contribution in [3.05, 3.63) is 0 Å². The first-order chi connectivity index (χ1) is 6.34. The quantitative estimate of drug-likeness (QED) is 0.674. The molecule has 2 unspecified atom stereocenters. The number of halogens is 2. The van der Waals surface area contributed by atoms with E-state index in [2.05, 4.69) is 0 Å². The molecule has 0 aromatic rings. The minimum atomic E-state index is -2.65. The molecule has 0 spiro atoms. The van der Waals surface area contributed by atoms with Crippen LogP contribution in [0.15, 0.2) is 0 Å². The highest BCUT2D eigenvalue weighted by molar-refractivity contribution is 5.78. The number of ketones is 1. The normalized spacial score (nSPS) is 31.9. The summed E-state index contributed by atoms with van der Waals surface area (Å²) >= 11 is 0. The van der Waals surface area contributed by atoms with Gasteiger partial charge in [-0.05, 0) is 25.7 Å². The van der Waals surface area contributed by atoms with Gasteiger partial charge in [-0.15, -0.1) is 0 Å². The van der Waals surface area contributed by atoms with Gasteiger partial charge in [-0.3, -0.25) is 4.79 Å². The molecule has 1 fully saturated rings. The van der Waals surface area contributed by atoms with Crippen LogP contribution in [0.2, 0.25) is 0 Å². The number of Topliss-reactive ketones (excluding diaryl/α,β-unsaturated/α-hetero) is 1. The molecule has 1 aliphatic carbocycles. The van der Waals surface area contributed by atoms with Crippen molar-refractivity contribution in [3.63, 3.8) is 0 Å². The van der Waals surface area contributed by atoms with E-state index in [1.165, 1.54) is 6.92 Å². The van der Waals surface area contributed by atoms with E-state index in [0.29, 0.717) is 12.8 Å². The van der Waals surface area contributed by atoms with E-state index < -0.39 is 17.8 Å². The summed E-state index contributed by atoms with van der Waals surface area (Å²) in [4.78, 5) is 11.0. The van der Waals surface area contributed by atoms with Crippen molar-refractivity contribution in [2.45, 2.75) is 46.0 Å². The molecule has 1 rings (SSSR count). The molecule has 0 aliphatic heterocycles. The average Bonchev–Trinajstić information content (AvgIpc) is 2.01. The molecular weight excluding hydrogens is 186 g/mol. The Labute approximate surface area is 83.9 Å². The molecule has 0 heterocycles. The van der Waals surface area contributed by atoms with Crippen molar-refractivity contribution >= 4 is 5.78 Å². The van der Waals surface area contributed by atoms with E-state index in [0.717, 1.165) is 0 Å². The van der Waals surface area contributed by atoms with E-state index >= 15 is 0 Å². The second-order valence-electron chi connectivity index (χ2n) is 4.70. The first kappa shape index (κ1) is 11.6. The van der Waals surface area contributed by atoms with Crippen LogP contribution in [0.4, 0.5) is 8.78 Å². The van der Waals surface area contributed by atoms with Crippen LogP contribution in [0.25, 0.3) is 0 Å². The second-order valence-corrected chi connectivity index (χ2v) is 4.70. The predicted molar refractivity (Wildman–Crippen MR) is 51.3 cm³/mol. The van der Waals surface area contributed by atoms with E-state index in [1.807, 2.05) is 13.8 Å². The van der Waals surface area contributed by atoms with Gasteiger partial charge in [0.15, 0.2) is 0 Å². The SMILES string of the molecule is CC(=O)C1CCC(C(C)C)C(F)(F)C1. The molecule has 0 N–H and O–H groups in total. The Hall–Kier alpha value is -0.470. The molecule has 1 aliphatic rings. The Morgan fingerprint density at radius 3 is 2.29 bits per heavy atom. The molecule has 0 aromatic heterocycles. The Kier molecular flexibility index (Phi) is 3.28. The van der Waals surface area contributed by atoms with Crippen molar-refractivity contribution in [1.82, 2.24) is 0 Å². The Morgan fingerprint density at radius 1 is 1.36 bits per heavy atom. The molecule has 82 valence electrons. The first-order valence-electron chi connectivity index (χ1n) is 5.23. The average molecular weight is 204 g/mol. The fourth-order valence-electron chi connectivity index (χ4n) is 2.34. The zero-order valence-electron chi connectivity index (χ0n) is 9.02. The standard InChI is InChI=1S/C11H18F2O/c1-7(2)10-5-4-9(8(3)14)6-11(10,12)13/h7,9-10H,4-6H2,1-3H3. The zero-order chi connectivity index (χ0) is 10.9. The third-order valence-electron chi connectivity index (χ3n) is 3.27. The number of hydrogen-bond acceptors (Lipinski definition) is 1. The van der Waals surface area contributed by atoms with Gasteiger partial charge in [0.25, 0.3) is 5.92 Å². The van der Waals surface area contributed by atoms with Crippen LogP contribution in [-0.2, 0) is 4.79 Å². The van der Waals surface area contributed by atoms with E-state index in [4.69, 9.17) is 0 Å². The van der Waals surface area contributed by atoms with Gasteiger partial charge in [0, 0.05) is 18.3 Å². The summed E-state index contributed by atoms with van der Waals surface area (Å²) in [5, 5.41) is 0. The van der Waals surface area contributed by atoms with Crippen LogP contribution in [-0.4, -0.2) is 11.7 Å². The molecule has 0 saturated heterocycles. The lowest BCUT2D eigenvalue weighted by molar-refractivity contribution is -0.140. The summed E-state index contributed by atoms with van der Waals surface area (Å²) in [6.45, 7) is 5.07. The summed E-state index contributed by atoms with van der Waals surface area (Å²) < 4.78 is 27.2. The fraction of sp³-hybridized carbons (Fsp3) is 0.909. The molecule has 0 aromatic carbocycles. The van der Waals surface area contributed by atoms with Gasteiger partial charge in [-0.1, -0.05) is 13.8 Å². The Morgan fingerprint density at radius 2 is 1.93 bits per heavy atom. The van der Waals surface area contributed by atoms with Gasteiger partial charge in [0.1, 0.15) is 5.78 Å². The molecule has 14 heavy (non-hydrogen) atoms. The van der Waals surface area contributed by atoms with Crippen LogP contribution < -0.4 is 0 Å². The molecular formula is C11H18F2O. The molecule has 2 atom stereocenters. The largest absolute Gasteiger partial charge is 0.300 e. The Bertz CT molecular complexity index is 223. The number of alkyl halides is 2. The lowest BCUT2D eigenvalue weighted by atomic mass is 9.73. The molecule has 0 bridgehead atoms. The van der Waals surface area contributed by atoms with Gasteiger partial charge in [-0.25, -0.2) is 8.78 Å². The highest BCUT2D eigenvalue weighted by Gasteiger charge is 2.47. The van der Waals surface area contributed by atoms with Gasteiger partial charge >= 0.3 is 0 Å². The number of hydrogen-bond donors (Lipinski definition) is 0. The number of carbonyl (C=O) groups excluding carboxylic acids is 1. The summed E-state index contributed by atoms with van der Waals surface area (Å²) in [6, 6.07) is 0. The fourth-order valence-corrected chi connectivity index (χ4v) is 2.34. The van der Waals surface area contributed by atoms with Crippen molar-refractivity contribution in [1.29, 1.82) is 0 Å². The molecule has 1 saturated carbocycles. The highest BCUT2D eigenvalue weighted by Crippen LogP contribution is 2.44. The minimum Gasteiger partial charge on any atom is -0.300 e. The van der Waals surface area contributed by atoms with Crippen LogP contribution in [0.5, 0.6) is 0 Å². The number of carbonyl (C=O) groups is 1. The van der Waals surface area contributed by atoms with E-state index in [9.17, 15) is 13.6 Å². The highest BCUT2D eigenvalue weighted by atomic mass is 19.3. The topological polar surface area (TPSA) is 17.1 Å². The van der Waals surface area contributed by atoms with Crippen LogP contribution >= 0.6 is 0 Å². The lowest BCUT2D eigenvalue weighted by Gasteiger charge is -2.37.